The number of carbonyl (C=O) groups is 1. The highest BCUT2D eigenvalue weighted by Gasteiger charge is 2.47. The van der Waals surface area contributed by atoms with Crippen LogP contribution in [0.5, 0.6) is 5.75 Å². The molecule has 2 rings (SSSR count). The van der Waals surface area contributed by atoms with Gasteiger partial charge < -0.3 is 9.47 Å². The molecule has 0 spiro atoms. The smallest absolute Gasteiger partial charge is 0.361 e. The Balaban J connectivity index is 2.51. The Hall–Kier alpha value is -1.93. The monoisotopic (exact) mass is 407 g/mol. The van der Waals surface area contributed by atoms with Crippen LogP contribution in [0.15, 0.2) is 36.9 Å². The molecule has 0 N–H and O–H groups in total. The van der Waals surface area contributed by atoms with Crippen LogP contribution in [-0.2, 0) is 15.4 Å². The maximum absolute atomic E-state index is 13.5. The summed E-state index contributed by atoms with van der Waals surface area (Å²) < 4.78 is 39.3. The van der Waals surface area contributed by atoms with Gasteiger partial charge in [-0.05, 0) is 24.3 Å². The molecule has 0 fully saturated rings. The highest BCUT2D eigenvalue weighted by molar-refractivity contribution is 6.30. The van der Waals surface area contributed by atoms with Crippen molar-refractivity contribution in [3.05, 3.63) is 41.9 Å². The van der Waals surface area contributed by atoms with Crippen LogP contribution in [-0.4, -0.2) is 40.0 Å². The van der Waals surface area contributed by atoms with Crippen LogP contribution in [0.1, 0.15) is 13.3 Å². The standard InChI is InChI=1S/C16H17Cl2F2N3O3/c1-15(8-19,9-20)7-16(26-14(24)6-17,23-11-21-10-22-23)25-13-4-2-12(18)3-5-13/h2-5,10-11H,6-9H2,1H3. The molecule has 0 saturated carbocycles. The van der Waals surface area contributed by atoms with Gasteiger partial charge in [0.1, 0.15) is 24.3 Å². The van der Waals surface area contributed by atoms with Crippen molar-refractivity contribution in [1.82, 2.24) is 14.8 Å². The maximum Gasteiger partial charge on any atom is 0.361 e. The topological polar surface area (TPSA) is 66.2 Å². The summed E-state index contributed by atoms with van der Waals surface area (Å²) >= 11 is 11.4. The van der Waals surface area contributed by atoms with Crippen molar-refractivity contribution in [2.75, 3.05) is 19.2 Å². The summed E-state index contributed by atoms with van der Waals surface area (Å²) in [6.07, 6.45) is 2.02. The van der Waals surface area contributed by atoms with Gasteiger partial charge in [0.2, 0.25) is 0 Å². The van der Waals surface area contributed by atoms with E-state index >= 15 is 0 Å². The Labute approximate surface area is 159 Å². The minimum atomic E-state index is -1.98. The molecule has 142 valence electrons. The zero-order chi connectivity index (χ0) is 19.2. The average molecular weight is 408 g/mol. The molecule has 0 radical (unpaired) electrons. The lowest BCUT2D eigenvalue weighted by atomic mass is 9.88. The molecule has 0 saturated heterocycles. The second-order valence-electron chi connectivity index (χ2n) is 5.97. The minimum Gasteiger partial charge on any atom is -0.434 e. The molecule has 1 aromatic carbocycles. The number of esters is 1. The van der Waals surface area contributed by atoms with E-state index in [1.165, 1.54) is 31.7 Å². The Morgan fingerprint density at radius 1 is 1.27 bits per heavy atom. The molecule has 6 nitrogen and oxygen atoms in total. The predicted octanol–water partition coefficient (Wildman–Crippen LogP) is 3.74. The fraction of sp³-hybridized carbons (Fsp3) is 0.438. The number of halogens is 4. The quantitative estimate of drug-likeness (QED) is 0.359. The summed E-state index contributed by atoms with van der Waals surface area (Å²) in [5.74, 6) is -3.07. The van der Waals surface area contributed by atoms with E-state index < -0.39 is 36.5 Å². The van der Waals surface area contributed by atoms with Gasteiger partial charge in [-0.15, -0.1) is 11.6 Å². The molecule has 10 heteroatoms. The van der Waals surface area contributed by atoms with Crippen LogP contribution in [0, 0.1) is 5.41 Å². The lowest BCUT2D eigenvalue weighted by Crippen LogP contribution is -2.49. The first-order valence-electron chi connectivity index (χ1n) is 7.56. The first kappa shape index (κ1) is 20.4. The van der Waals surface area contributed by atoms with Crippen LogP contribution < -0.4 is 4.74 Å². The fourth-order valence-corrected chi connectivity index (χ4v) is 2.39. The van der Waals surface area contributed by atoms with Gasteiger partial charge in [-0.1, -0.05) is 18.5 Å². The van der Waals surface area contributed by atoms with Gasteiger partial charge in [-0.25, -0.2) is 4.98 Å². The fourth-order valence-electron chi connectivity index (χ4n) is 2.21. The van der Waals surface area contributed by atoms with Crippen LogP contribution in [0.4, 0.5) is 8.78 Å². The summed E-state index contributed by atoms with van der Waals surface area (Å²) in [6.45, 7) is -0.664. The van der Waals surface area contributed by atoms with Gasteiger partial charge in [-0.3, -0.25) is 13.6 Å². The molecule has 0 aliphatic carbocycles. The number of hydrogen-bond acceptors (Lipinski definition) is 5. The van der Waals surface area contributed by atoms with Gasteiger partial charge in [0.25, 0.3) is 0 Å². The van der Waals surface area contributed by atoms with Crippen molar-refractivity contribution in [1.29, 1.82) is 0 Å². The number of carbonyl (C=O) groups excluding carboxylic acids is 1. The molecule has 1 aromatic heterocycles. The molecule has 0 amide bonds. The highest BCUT2D eigenvalue weighted by atomic mass is 35.5. The Bertz CT molecular complexity index is 712. The molecule has 26 heavy (non-hydrogen) atoms. The second-order valence-corrected chi connectivity index (χ2v) is 6.67. The number of aromatic nitrogens is 3. The third-order valence-electron chi connectivity index (χ3n) is 3.54. The SMILES string of the molecule is CC(CF)(CF)CC(OC(=O)CCl)(Oc1ccc(Cl)cc1)n1cncn1. The van der Waals surface area contributed by atoms with Crippen molar-refractivity contribution in [2.45, 2.75) is 19.3 Å². The van der Waals surface area contributed by atoms with Gasteiger partial charge in [0.15, 0.2) is 0 Å². The highest BCUT2D eigenvalue weighted by Crippen LogP contribution is 2.37. The van der Waals surface area contributed by atoms with E-state index in [1.807, 2.05) is 0 Å². The van der Waals surface area contributed by atoms with E-state index in [9.17, 15) is 13.6 Å². The summed E-state index contributed by atoms with van der Waals surface area (Å²) in [6, 6.07) is 6.14. The van der Waals surface area contributed by atoms with Crippen molar-refractivity contribution in [3.63, 3.8) is 0 Å². The lowest BCUT2D eigenvalue weighted by molar-refractivity contribution is -0.257. The number of rotatable bonds is 9. The lowest BCUT2D eigenvalue weighted by Gasteiger charge is -2.37. The number of benzene rings is 1. The van der Waals surface area contributed by atoms with Crippen LogP contribution in [0.25, 0.3) is 0 Å². The molecule has 0 aliphatic heterocycles. The second kappa shape index (κ2) is 8.64. The molecule has 1 atom stereocenters. The van der Waals surface area contributed by atoms with Crippen LogP contribution >= 0.6 is 23.2 Å². The summed E-state index contributed by atoms with van der Waals surface area (Å²) in [5.41, 5.74) is -1.50. The number of alkyl halides is 3. The largest absolute Gasteiger partial charge is 0.434 e. The molecule has 1 unspecified atom stereocenters. The van der Waals surface area contributed by atoms with Gasteiger partial charge >= 0.3 is 11.9 Å². The minimum absolute atomic E-state index is 0.243. The zero-order valence-electron chi connectivity index (χ0n) is 13.9. The van der Waals surface area contributed by atoms with Gasteiger partial charge in [-0.2, -0.15) is 9.78 Å². The zero-order valence-corrected chi connectivity index (χ0v) is 15.4. The van der Waals surface area contributed by atoms with E-state index in [1.54, 1.807) is 12.1 Å². The number of hydrogen-bond donors (Lipinski definition) is 0. The van der Waals surface area contributed by atoms with E-state index in [0.717, 1.165) is 4.68 Å². The Kier molecular flexibility index (Phi) is 6.77. The van der Waals surface area contributed by atoms with Gasteiger partial charge in [0.05, 0.1) is 19.8 Å². The predicted molar refractivity (Wildman–Crippen MR) is 91.6 cm³/mol. The third kappa shape index (κ3) is 4.82. The Morgan fingerprint density at radius 3 is 2.42 bits per heavy atom. The summed E-state index contributed by atoms with van der Waals surface area (Å²) in [4.78, 5) is 15.7. The summed E-state index contributed by atoms with van der Waals surface area (Å²) in [5, 5.41) is 4.39. The van der Waals surface area contributed by atoms with E-state index in [0.29, 0.717) is 5.02 Å². The van der Waals surface area contributed by atoms with Crippen molar-refractivity contribution in [2.24, 2.45) is 5.41 Å². The normalized spacial score (nSPS) is 13.9. The first-order valence-corrected chi connectivity index (χ1v) is 8.47. The van der Waals surface area contributed by atoms with Crippen LogP contribution in [0.2, 0.25) is 5.02 Å². The third-order valence-corrected chi connectivity index (χ3v) is 4.01. The average Bonchev–Trinajstić information content (AvgIpc) is 3.18. The van der Waals surface area contributed by atoms with Crippen molar-refractivity contribution in [3.8, 4) is 5.75 Å². The molecule has 0 bridgehead atoms. The molecular weight excluding hydrogens is 391 g/mol. The van der Waals surface area contributed by atoms with Crippen molar-refractivity contribution >= 4 is 29.2 Å². The van der Waals surface area contributed by atoms with E-state index in [-0.39, 0.29) is 12.2 Å². The van der Waals surface area contributed by atoms with Gasteiger partial charge in [0, 0.05) is 10.4 Å². The first-order chi connectivity index (χ1) is 12.4. The molecule has 1 heterocycles. The molecule has 0 aliphatic rings. The van der Waals surface area contributed by atoms with Crippen molar-refractivity contribution < 1.29 is 23.0 Å². The van der Waals surface area contributed by atoms with Crippen LogP contribution in [0.3, 0.4) is 0 Å². The summed E-state index contributed by atoms with van der Waals surface area (Å²) in [7, 11) is 0. The number of nitrogens with zero attached hydrogens (tertiary/aromatic N) is 3. The maximum atomic E-state index is 13.5. The van der Waals surface area contributed by atoms with E-state index in [4.69, 9.17) is 32.7 Å². The Morgan fingerprint density at radius 2 is 1.92 bits per heavy atom. The molecule has 2 aromatic rings. The number of ether oxygens (including phenoxy) is 2. The molecular formula is C16H17Cl2F2N3O3. The van der Waals surface area contributed by atoms with E-state index in [2.05, 4.69) is 10.1 Å².